The van der Waals surface area contributed by atoms with Crippen LogP contribution < -0.4 is 31.1 Å². The number of carbonyl (C=O) groups is 2. The fourth-order valence-corrected chi connectivity index (χ4v) is 8.25. The zero-order chi connectivity index (χ0) is 35.8. The molecule has 260 valence electrons. The van der Waals surface area contributed by atoms with Crippen LogP contribution in [-0.2, 0) is 36.1 Å². The Morgan fingerprint density at radius 3 is 2.34 bits per heavy atom. The average Bonchev–Trinajstić information content (AvgIpc) is 3.35. The largest absolute Gasteiger partial charge is 0.504 e. The van der Waals surface area contributed by atoms with E-state index in [1.54, 1.807) is 45.2 Å². The van der Waals surface area contributed by atoms with Gasteiger partial charge in [-0.25, -0.2) is 28.5 Å². The molecule has 7 rings (SSSR count). The van der Waals surface area contributed by atoms with Crippen molar-refractivity contribution in [1.82, 2.24) is 23.5 Å². The highest BCUT2D eigenvalue weighted by atomic mass is 16.5. The Morgan fingerprint density at radius 1 is 0.960 bits per heavy atom. The number of allylic oxidation sites excluding steroid dienone is 4. The number of hydrogen-bond acceptors (Lipinski definition) is 10. The SMILES string of the molecule is COc1ccc([C@H]2C3=CCn4c(=O)n(CCc5nc6cc(OC)c(OC)cc6n(C)c5=O)c(=O)n4[C@@H]3C[C@H]3C(=O)C=C(C)C(=O)[C@@]23C)cc1O. The molecule has 3 heterocycles. The van der Waals surface area contributed by atoms with Gasteiger partial charge >= 0.3 is 11.4 Å². The number of methoxy groups -OCH3 is 3. The van der Waals surface area contributed by atoms with Crippen LogP contribution in [0.4, 0.5) is 0 Å². The normalized spacial score (nSPS) is 22.7. The number of ketones is 2. The molecule has 0 amide bonds. The van der Waals surface area contributed by atoms with Gasteiger partial charge in [0.1, 0.15) is 5.69 Å². The molecule has 0 radical (unpaired) electrons. The quantitative estimate of drug-likeness (QED) is 0.286. The molecule has 14 heteroatoms. The third-order valence-electron chi connectivity index (χ3n) is 10.7. The number of carbonyl (C=O) groups excluding carboxylic acids is 2. The van der Waals surface area contributed by atoms with Crippen molar-refractivity contribution in [2.24, 2.45) is 18.4 Å². The third-order valence-corrected chi connectivity index (χ3v) is 10.7. The van der Waals surface area contributed by atoms with Crippen LogP contribution in [-0.4, -0.2) is 61.5 Å². The van der Waals surface area contributed by atoms with E-state index in [0.29, 0.717) is 39.2 Å². The summed E-state index contributed by atoms with van der Waals surface area (Å²) in [7, 11) is 6.03. The monoisotopic (exact) mass is 683 g/mol. The number of rotatable bonds is 7. The molecule has 4 atom stereocenters. The summed E-state index contributed by atoms with van der Waals surface area (Å²) < 4.78 is 21.3. The number of aromatic nitrogens is 5. The highest BCUT2D eigenvalue weighted by Crippen LogP contribution is 2.60. The number of aromatic hydroxyl groups is 1. The smallest absolute Gasteiger partial charge is 0.347 e. The first-order valence-corrected chi connectivity index (χ1v) is 16.2. The van der Waals surface area contributed by atoms with Gasteiger partial charge in [-0.05, 0) is 48.3 Å². The lowest BCUT2D eigenvalue weighted by Gasteiger charge is -2.52. The fourth-order valence-electron chi connectivity index (χ4n) is 8.25. The number of Topliss-reactive ketones (excluding diaryl/α,β-unsaturated/α-hetero) is 1. The first-order valence-electron chi connectivity index (χ1n) is 16.2. The van der Waals surface area contributed by atoms with Crippen LogP contribution in [0.5, 0.6) is 23.0 Å². The maximum Gasteiger partial charge on any atom is 0.347 e. The molecular weight excluding hydrogens is 646 g/mol. The van der Waals surface area contributed by atoms with Crippen molar-refractivity contribution in [2.75, 3.05) is 21.3 Å². The van der Waals surface area contributed by atoms with E-state index in [9.17, 15) is 29.1 Å². The molecule has 0 saturated heterocycles. The standard InChI is InChI=1S/C36H37N5O9/c1-18-13-26(42)21-15-24-20(31(36(21,2)32(18)44)19-7-8-28(48-4)27(43)14-19)9-12-40-34(46)39(35(47)41(24)40)11-10-22-33(45)38(3)25-17-30(50-6)29(49-5)16-23(25)37-22/h7-9,13-14,16-17,21,24,31,43H,10-12,15H2,1-6H3/t21-,24+,31-,36+/m0/s1. The summed E-state index contributed by atoms with van der Waals surface area (Å²) in [6.07, 6.45) is 3.32. The number of benzene rings is 2. The van der Waals surface area contributed by atoms with Crippen molar-refractivity contribution >= 4 is 22.6 Å². The van der Waals surface area contributed by atoms with Crippen molar-refractivity contribution in [3.63, 3.8) is 0 Å². The minimum Gasteiger partial charge on any atom is -0.504 e. The lowest BCUT2D eigenvalue weighted by atomic mass is 9.51. The summed E-state index contributed by atoms with van der Waals surface area (Å²) in [5, 5.41) is 10.8. The molecular formula is C36H37N5O9. The molecule has 14 nitrogen and oxygen atoms in total. The summed E-state index contributed by atoms with van der Waals surface area (Å²) in [5.41, 5.74) is 0.0389. The summed E-state index contributed by atoms with van der Waals surface area (Å²) >= 11 is 0. The second-order valence-electron chi connectivity index (χ2n) is 13.2. The lowest BCUT2D eigenvalue weighted by Crippen LogP contribution is -2.54. The van der Waals surface area contributed by atoms with Crippen molar-refractivity contribution < 1.29 is 28.9 Å². The minimum absolute atomic E-state index is 0.00737. The average molecular weight is 684 g/mol. The number of fused-ring (bicyclic) bond motifs is 5. The van der Waals surface area contributed by atoms with Gasteiger partial charge in [0.15, 0.2) is 34.6 Å². The molecule has 0 spiro atoms. The summed E-state index contributed by atoms with van der Waals surface area (Å²) in [6.45, 7) is 3.32. The van der Waals surface area contributed by atoms with Crippen LogP contribution in [0.1, 0.15) is 43.5 Å². The van der Waals surface area contributed by atoms with E-state index in [4.69, 9.17) is 14.2 Å². The number of ether oxygens (including phenoxy) is 3. The van der Waals surface area contributed by atoms with E-state index in [0.717, 1.165) is 4.57 Å². The molecule has 0 bridgehead atoms. The Balaban J connectivity index is 1.30. The summed E-state index contributed by atoms with van der Waals surface area (Å²) in [4.78, 5) is 73.5. The number of aryl methyl sites for hydroxylation is 2. The molecule has 2 aliphatic carbocycles. The Hall–Kier alpha value is -5.66. The second-order valence-corrected chi connectivity index (χ2v) is 13.2. The van der Waals surface area contributed by atoms with Gasteiger partial charge in [0.05, 0.1) is 50.4 Å². The van der Waals surface area contributed by atoms with E-state index in [2.05, 4.69) is 4.98 Å². The number of nitrogens with zero attached hydrogens (tertiary/aromatic N) is 5. The van der Waals surface area contributed by atoms with Crippen LogP contribution >= 0.6 is 0 Å². The highest BCUT2D eigenvalue weighted by Gasteiger charge is 2.59. The molecule has 0 unspecified atom stereocenters. The first kappa shape index (κ1) is 32.9. The zero-order valence-electron chi connectivity index (χ0n) is 28.6. The van der Waals surface area contributed by atoms with Gasteiger partial charge in [-0.1, -0.05) is 19.1 Å². The lowest BCUT2D eigenvalue weighted by molar-refractivity contribution is -0.139. The second kappa shape index (κ2) is 11.7. The molecule has 1 saturated carbocycles. The molecule has 2 aromatic carbocycles. The van der Waals surface area contributed by atoms with Gasteiger partial charge in [-0.3, -0.25) is 14.4 Å². The van der Waals surface area contributed by atoms with Crippen LogP contribution in [0.3, 0.4) is 0 Å². The van der Waals surface area contributed by atoms with Crippen LogP contribution in [0, 0.1) is 11.3 Å². The molecule has 1 N–H and O–H groups in total. The number of hydrogen-bond donors (Lipinski definition) is 1. The van der Waals surface area contributed by atoms with Crippen LogP contribution in [0.2, 0.25) is 0 Å². The van der Waals surface area contributed by atoms with Gasteiger partial charge in [0.2, 0.25) is 0 Å². The molecule has 1 fully saturated rings. The van der Waals surface area contributed by atoms with Gasteiger partial charge in [-0.15, -0.1) is 0 Å². The van der Waals surface area contributed by atoms with E-state index in [1.165, 1.54) is 47.4 Å². The van der Waals surface area contributed by atoms with Crippen molar-refractivity contribution in [2.45, 2.75) is 51.7 Å². The topological polar surface area (TPSA) is 166 Å². The maximum atomic E-state index is 14.2. The molecule has 50 heavy (non-hydrogen) atoms. The predicted octanol–water partition coefficient (Wildman–Crippen LogP) is 2.42. The molecule has 1 aliphatic heterocycles. The van der Waals surface area contributed by atoms with E-state index < -0.39 is 34.7 Å². The van der Waals surface area contributed by atoms with E-state index in [-0.39, 0.29) is 60.2 Å². The third kappa shape index (κ3) is 4.61. The van der Waals surface area contributed by atoms with Crippen molar-refractivity contribution in [1.29, 1.82) is 0 Å². The van der Waals surface area contributed by atoms with Gasteiger partial charge in [-0.2, -0.15) is 0 Å². The van der Waals surface area contributed by atoms with E-state index >= 15 is 0 Å². The number of phenols is 1. The van der Waals surface area contributed by atoms with E-state index in [1.807, 2.05) is 6.08 Å². The molecule has 3 aliphatic rings. The fraction of sp³-hybridized carbons (Fsp3) is 0.389. The zero-order valence-corrected chi connectivity index (χ0v) is 28.6. The van der Waals surface area contributed by atoms with Crippen LogP contribution in [0.15, 0.2) is 68.0 Å². The summed E-state index contributed by atoms with van der Waals surface area (Å²) in [5.74, 6) is -0.909. The Kier molecular flexibility index (Phi) is 7.72. The van der Waals surface area contributed by atoms with Crippen molar-refractivity contribution in [3.8, 4) is 23.0 Å². The van der Waals surface area contributed by atoms with Gasteiger partial charge < -0.3 is 23.9 Å². The van der Waals surface area contributed by atoms with Crippen molar-refractivity contribution in [3.05, 3.63) is 96.2 Å². The highest BCUT2D eigenvalue weighted by molar-refractivity contribution is 6.13. The maximum absolute atomic E-state index is 14.2. The van der Waals surface area contributed by atoms with Crippen LogP contribution in [0.25, 0.3) is 11.0 Å². The molecule has 2 aromatic heterocycles. The summed E-state index contributed by atoms with van der Waals surface area (Å²) in [6, 6.07) is 7.47. The Labute approximate surface area is 285 Å². The Morgan fingerprint density at radius 2 is 1.66 bits per heavy atom. The van der Waals surface area contributed by atoms with Gasteiger partial charge in [0.25, 0.3) is 5.56 Å². The minimum atomic E-state index is -1.21. The first-order chi connectivity index (χ1) is 23.8. The number of phenolic OH excluding ortho intramolecular Hbond substituents is 1. The predicted molar refractivity (Wildman–Crippen MR) is 181 cm³/mol. The van der Waals surface area contributed by atoms with Gasteiger partial charge in [0, 0.05) is 44.0 Å². The molecule has 4 aromatic rings. The Bertz CT molecular complexity index is 2380.